The van der Waals surface area contributed by atoms with Gasteiger partial charge in [0.25, 0.3) is 30.1 Å². The van der Waals surface area contributed by atoms with E-state index in [0.29, 0.717) is 16.7 Å². The molecule has 0 bridgehead atoms. The Labute approximate surface area is 472 Å². The topological polar surface area (TPSA) is 252 Å². The molecule has 0 amide bonds. The highest BCUT2D eigenvalue weighted by Crippen LogP contribution is 2.29. The molecule has 0 aliphatic rings. The van der Waals surface area contributed by atoms with Crippen LogP contribution in [0.5, 0.6) is 17.2 Å². The predicted molar refractivity (Wildman–Crippen MR) is 284 cm³/mol. The quantitative estimate of drug-likeness (QED) is 0.0365. The standard InChI is InChI=1S/2C17H14F3NO5S2.C15H11BrF3NO4S/c2*1-11(22)27-10-16(23)12-2-4-13(5-3-12)21-28(24,25)15-8-6-14(7-9-15)26-17(18,19)20;16-9-14(21)10-1-3-11(4-2-10)20-25(22,23)13-7-5-12(6-8-13)24-15(17,18)19/h2*2-9,21H,10H2,1H3;1-8,20H,9H2. The molecule has 0 atom stereocenters. The molecule has 0 aromatic heterocycles. The molecule has 0 radical (unpaired) electrons. The monoisotopic (exact) mass is 1300 g/mol. The van der Waals surface area contributed by atoms with Crippen molar-refractivity contribution in [1.29, 1.82) is 0 Å². The van der Waals surface area contributed by atoms with E-state index in [1.54, 1.807) is 0 Å². The van der Waals surface area contributed by atoms with Gasteiger partial charge in [-0.15, -0.1) is 39.5 Å². The second-order valence-corrected chi connectivity index (χ2v) is 23.5. The van der Waals surface area contributed by atoms with E-state index in [-0.39, 0.29) is 76.2 Å². The van der Waals surface area contributed by atoms with Crippen molar-refractivity contribution in [3.05, 3.63) is 162 Å². The van der Waals surface area contributed by atoms with Crippen LogP contribution in [-0.2, 0) is 39.7 Å². The van der Waals surface area contributed by atoms with Crippen molar-refractivity contribution in [3.8, 4) is 17.2 Å². The second-order valence-electron chi connectivity index (χ2n) is 15.6. The van der Waals surface area contributed by atoms with Crippen molar-refractivity contribution in [2.75, 3.05) is 31.0 Å². The van der Waals surface area contributed by atoms with Gasteiger partial charge in [0.1, 0.15) is 17.2 Å². The number of Topliss-reactive ketones (excluding diaryl/α,β-unsaturated/α-hetero) is 3. The number of thioether (sulfide) groups is 2. The molecule has 0 saturated heterocycles. The molecule has 17 nitrogen and oxygen atoms in total. The van der Waals surface area contributed by atoms with Gasteiger partial charge in [0.2, 0.25) is 0 Å². The highest BCUT2D eigenvalue weighted by Gasteiger charge is 2.33. The van der Waals surface area contributed by atoms with Gasteiger partial charge >= 0.3 is 19.1 Å². The third kappa shape index (κ3) is 23.5. The fourth-order valence-corrected chi connectivity index (χ4v) is 10.4. The number of hydrogen-bond acceptors (Lipinski definition) is 16. The number of ketones is 3. The second kappa shape index (κ2) is 28.5. The summed E-state index contributed by atoms with van der Waals surface area (Å²) in [6.45, 7) is 2.69. The van der Waals surface area contributed by atoms with Crippen LogP contribution in [0.4, 0.5) is 56.6 Å². The smallest absolute Gasteiger partial charge is 0.406 e. The number of hydrogen-bond donors (Lipinski definition) is 3. The number of ether oxygens (including phenoxy) is 3. The number of halogens is 10. The highest BCUT2D eigenvalue weighted by atomic mass is 79.9. The van der Waals surface area contributed by atoms with Crippen molar-refractivity contribution in [2.45, 2.75) is 47.6 Å². The lowest BCUT2D eigenvalue weighted by atomic mass is 10.1. The summed E-state index contributed by atoms with van der Waals surface area (Å²) in [7, 11) is -12.1. The Morgan fingerprint density at radius 1 is 0.395 bits per heavy atom. The average molecular weight is 1310 g/mol. The maximum Gasteiger partial charge on any atom is 0.573 e. The summed E-state index contributed by atoms with van der Waals surface area (Å²) in [6.07, 6.45) is -14.6. The van der Waals surface area contributed by atoms with E-state index in [9.17, 15) is 88.7 Å². The van der Waals surface area contributed by atoms with Crippen LogP contribution in [0.1, 0.15) is 44.9 Å². The first-order chi connectivity index (χ1) is 37.5. The normalized spacial score (nSPS) is 11.8. The van der Waals surface area contributed by atoms with Gasteiger partial charge in [0.15, 0.2) is 27.6 Å². The molecule has 0 fully saturated rings. The fraction of sp³-hybridized carbons (Fsp3) is 0.163. The van der Waals surface area contributed by atoms with Crippen LogP contribution >= 0.6 is 39.5 Å². The number of sulfonamides is 3. The zero-order valence-corrected chi connectivity index (χ0v) is 46.7. The Morgan fingerprint density at radius 3 is 0.815 bits per heavy atom. The molecule has 81 heavy (non-hydrogen) atoms. The maximum absolute atomic E-state index is 12.3. The zero-order chi connectivity index (χ0) is 60.6. The van der Waals surface area contributed by atoms with E-state index < -0.39 is 66.4 Å². The molecule has 0 aliphatic carbocycles. The largest absolute Gasteiger partial charge is 0.573 e. The summed E-state index contributed by atoms with van der Waals surface area (Å²) in [5, 5.41) is -0.238. The lowest BCUT2D eigenvalue weighted by Crippen LogP contribution is -2.17. The van der Waals surface area contributed by atoms with Gasteiger partial charge in [-0.1, -0.05) is 39.5 Å². The minimum absolute atomic E-state index is 0.0211. The SMILES string of the molecule is CC(=O)SCC(=O)c1ccc(NS(=O)(=O)c2ccc(OC(F)(F)F)cc2)cc1.CC(=O)SCC(=O)c1ccc(NS(=O)(=O)c2ccc(OC(F)(F)F)cc2)cc1.O=C(CBr)c1ccc(NS(=O)(=O)c2ccc(OC(F)(F)F)cc2)cc1. The zero-order valence-electron chi connectivity index (χ0n) is 41.0. The van der Waals surface area contributed by atoms with Gasteiger partial charge in [-0.05, 0) is 146 Å². The van der Waals surface area contributed by atoms with E-state index in [2.05, 4.69) is 44.3 Å². The van der Waals surface area contributed by atoms with Crippen LogP contribution in [0.25, 0.3) is 0 Å². The Hall–Kier alpha value is -7.13. The van der Waals surface area contributed by atoms with Crippen molar-refractivity contribution in [1.82, 2.24) is 0 Å². The molecule has 6 aromatic carbocycles. The molecule has 6 rings (SSSR count). The summed E-state index contributed by atoms with van der Waals surface area (Å²) in [5.74, 6) is -2.38. The third-order valence-electron chi connectivity index (χ3n) is 9.41. The summed E-state index contributed by atoms with van der Waals surface area (Å²) in [5.41, 5.74) is 1.56. The van der Waals surface area contributed by atoms with E-state index in [1.807, 2.05) is 0 Å². The molecule has 0 heterocycles. The molecule has 6 aromatic rings. The third-order valence-corrected chi connectivity index (χ3v) is 15.7. The number of nitrogens with one attached hydrogen (secondary N) is 3. The van der Waals surface area contributed by atoms with Crippen molar-refractivity contribution in [2.24, 2.45) is 0 Å². The minimum Gasteiger partial charge on any atom is -0.406 e. The van der Waals surface area contributed by atoms with Crippen molar-refractivity contribution in [3.63, 3.8) is 0 Å². The van der Waals surface area contributed by atoms with E-state index in [0.717, 1.165) is 96.3 Å². The highest BCUT2D eigenvalue weighted by molar-refractivity contribution is 9.09. The van der Waals surface area contributed by atoms with Gasteiger partial charge in [-0.3, -0.25) is 38.1 Å². The Balaban J connectivity index is 0.000000262. The van der Waals surface area contributed by atoms with Crippen LogP contribution in [0.3, 0.4) is 0 Å². The number of alkyl halides is 10. The van der Waals surface area contributed by atoms with Crippen LogP contribution in [-0.4, -0.2) is 88.8 Å². The van der Waals surface area contributed by atoms with Gasteiger partial charge in [0, 0.05) is 47.6 Å². The van der Waals surface area contributed by atoms with Crippen LogP contribution in [0, 0.1) is 0 Å². The molecule has 0 aliphatic heterocycles. The van der Waals surface area contributed by atoms with Crippen LogP contribution in [0.15, 0.2) is 160 Å². The number of carbonyl (C=O) groups excluding carboxylic acids is 5. The van der Waals surface area contributed by atoms with Crippen molar-refractivity contribution < 1.29 is 103 Å². The first-order valence-electron chi connectivity index (χ1n) is 21.9. The molecule has 0 spiro atoms. The Morgan fingerprint density at radius 2 is 0.617 bits per heavy atom. The summed E-state index contributed by atoms with van der Waals surface area (Å²) in [6, 6.07) is 28.0. The predicted octanol–water partition coefficient (Wildman–Crippen LogP) is 11.7. The number of benzene rings is 6. The average Bonchev–Trinajstić information content (AvgIpc) is 3.37. The fourth-order valence-electron chi connectivity index (χ4n) is 5.85. The van der Waals surface area contributed by atoms with E-state index in [1.165, 1.54) is 86.6 Å². The minimum atomic E-state index is -4.87. The molecular weight excluding hydrogens is 1270 g/mol. The first-order valence-corrected chi connectivity index (χ1v) is 29.5. The summed E-state index contributed by atoms with van der Waals surface area (Å²) >= 11 is 4.77. The lowest BCUT2D eigenvalue weighted by molar-refractivity contribution is -0.275. The molecular formula is C49H39BrF9N3O14S5. The number of anilines is 3. The molecule has 0 saturated carbocycles. The number of rotatable bonds is 20. The van der Waals surface area contributed by atoms with Gasteiger partial charge in [0.05, 0.1) is 31.5 Å². The summed E-state index contributed by atoms with van der Waals surface area (Å²) < 4.78 is 201. The van der Waals surface area contributed by atoms with E-state index in [4.69, 9.17) is 0 Å². The van der Waals surface area contributed by atoms with Gasteiger partial charge < -0.3 is 14.2 Å². The Bertz CT molecular complexity index is 3350. The molecule has 434 valence electrons. The lowest BCUT2D eigenvalue weighted by Gasteiger charge is -2.11. The van der Waals surface area contributed by atoms with Crippen LogP contribution in [0.2, 0.25) is 0 Å². The number of carbonyl (C=O) groups is 5. The summed E-state index contributed by atoms with van der Waals surface area (Å²) in [4.78, 5) is 56.3. The Kier molecular flexibility index (Phi) is 23.4. The van der Waals surface area contributed by atoms with Gasteiger partial charge in [-0.25, -0.2) is 25.3 Å². The van der Waals surface area contributed by atoms with E-state index >= 15 is 0 Å². The maximum atomic E-state index is 12.3. The first kappa shape index (κ1) is 66.4. The molecule has 0 unspecified atom stereocenters. The van der Waals surface area contributed by atoms with Gasteiger partial charge in [-0.2, -0.15) is 0 Å². The molecule has 3 N–H and O–H groups in total. The molecule has 32 heteroatoms. The van der Waals surface area contributed by atoms with Crippen LogP contribution < -0.4 is 28.4 Å². The van der Waals surface area contributed by atoms with Crippen molar-refractivity contribution >= 4 is 114 Å².